The third-order valence-electron chi connectivity index (χ3n) is 3.50. The molecule has 0 aliphatic rings. The van der Waals surface area contributed by atoms with Crippen LogP contribution >= 0.6 is 34.5 Å². The SMILES string of the molecule is Clc1cccc(COc2ccc(Cl)cc2CNCc2cccs2)c1. The van der Waals surface area contributed by atoms with Gasteiger partial charge in [0.15, 0.2) is 0 Å². The molecule has 5 heteroatoms. The normalized spacial score (nSPS) is 10.8. The molecule has 0 amide bonds. The van der Waals surface area contributed by atoms with Crippen LogP contribution in [0, 0.1) is 0 Å². The first kappa shape index (κ1) is 17.3. The van der Waals surface area contributed by atoms with Gasteiger partial charge in [0.25, 0.3) is 0 Å². The molecule has 0 saturated carbocycles. The van der Waals surface area contributed by atoms with Crippen LogP contribution in [0.1, 0.15) is 16.0 Å². The van der Waals surface area contributed by atoms with Crippen LogP contribution in [0.5, 0.6) is 5.75 Å². The summed E-state index contributed by atoms with van der Waals surface area (Å²) in [6.07, 6.45) is 0. The molecule has 0 aliphatic heterocycles. The fourth-order valence-electron chi connectivity index (χ4n) is 2.35. The number of benzene rings is 2. The monoisotopic (exact) mass is 377 g/mol. The maximum absolute atomic E-state index is 6.13. The number of hydrogen-bond donors (Lipinski definition) is 1. The van der Waals surface area contributed by atoms with Gasteiger partial charge in [-0.25, -0.2) is 0 Å². The highest BCUT2D eigenvalue weighted by Gasteiger charge is 2.06. The molecule has 0 bridgehead atoms. The molecule has 1 aromatic heterocycles. The lowest BCUT2D eigenvalue weighted by atomic mass is 10.2. The summed E-state index contributed by atoms with van der Waals surface area (Å²) in [5, 5.41) is 6.93. The highest BCUT2D eigenvalue weighted by molar-refractivity contribution is 7.09. The fourth-order valence-corrected chi connectivity index (χ4v) is 3.43. The second-order valence-electron chi connectivity index (χ2n) is 5.35. The van der Waals surface area contributed by atoms with E-state index < -0.39 is 0 Å². The van der Waals surface area contributed by atoms with Crippen molar-refractivity contribution in [3.8, 4) is 5.75 Å². The molecule has 2 nitrogen and oxygen atoms in total. The van der Waals surface area contributed by atoms with Gasteiger partial charge in [-0.1, -0.05) is 41.4 Å². The van der Waals surface area contributed by atoms with Crippen LogP contribution in [-0.4, -0.2) is 0 Å². The molecule has 0 unspecified atom stereocenters. The van der Waals surface area contributed by atoms with Gasteiger partial charge in [-0.2, -0.15) is 0 Å². The minimum atomic E-state index is 0.472. The average molecular weight is 378 g/mol. The Morgan fingerprint density at radius 2 is 1.79 bits per heavy atom. The van der Waals surface area contributed by atoms with Crippen molar-refractivity contribution in [2.24, 2.45) is 0 Å². The Labute approximate surface area is 156 Å². The molecule has 0 fully saturated rings. The summed E-state index contributed by atoms with van der Waals surface area (Å²) >= 11 is 13.9. The first-order valence-electron chi connectivity index (χ1n) is 7.59. The summed E-state index contributed by atoms with van der Waals surface area (Å²) in [5.41, 5.74) is 2.08. The zero-order valence-corrected chi connectivity index (χ0v) is 15.3. The summed E-state index contributed by atoms with van der Waals surface area (Å²) in [4.78, 5) is 1.30. The Morgan fingerprint density at radius 3 is 2.58 bits per heavy atom. The van der Waals surface area contributed by atoms with Crippen LogP contribution in [0.2, 0.25) is 10.0 Å². The molecule has 124 valence electrons. The molecule has 0 radical (unpaired) electrons. The first-order chi connectivity index (χ1) is 11.7. The van der Waals surface area contributed by atoms with Crippen molar-refractivity contribution in [3.63, 3.8) is 0 Å². The lowest BCUT2D eigenvalue weighted by Crippen LogP contribution is -2.13. The molecular weight excluding hydrogens is 361 g/mol. The molecule has 3 aromatic rings. The van der Waals surface area contributed by atoms with Crippen molar-refractivity contribution in [1.29, 1.82) is 0 Å². The van der Waals surface area contributed by atoms with Crippen molar-refractivity contribution in [2.75, 3.05) is 0 Å². The first-order valence-corrected chi connectivity index (χ1v) is 9.23. The summed E-state index contributed by atoms with van der Waals surface area (Å²) in [6.45, 7) is 2.00. The average Bonchev–Trinajstić information content (AvgIpc) is 3.07. The van der Waals surface area contributed by atoms with Gasteiger partial charge >= 0.3 is 0 Å². The van der Waals surface area contributed by atoms with E-state index in [2.05, 4.69) is 22.8 Å². The second-order valence-corrected chi connectivity index (χ2v) is 7.26. The number of rotatable bonds is 7. The topological polar surface area (TPSA) is 21.3 Å². The number of ether oxygens (including phenoxy) is 1. The maximum atomic E-state index is 6.13. The van der Waals surface area contributed by atoms with E-state index in [1.165, 1.54) is 4.88 Å². The standard InChI is InChI=1S/C19H17Cl2NOS/c20-16-4-1-3-14(9-16)13-23-19-7-6-17(21)10-15(19)11-22-12-18-5-2-8-24-18/h1-10,22H,11-13H2. The summed E-state index contributed by atoms with van der Waals surface area (Å²) in [5.74, 6) is 0.832. The zero-order chi connectivity index (χ0) is 16.8. The molecule has 0 spiro atoms. The predicted molar refractivity (Wildman–Crippen MR) is 102 cm³/mol. The van der Waals surface area contributed by atoms with Crippen LogP contribution in [0.25, 0.3) is 0 Å². The summed E-state index contributed by atoms with van der Waals surface area (Å²) in [6, 6.07) is 17.6. The Hall–Kier alpha value is -1.52. The lowest BCUT2D eigenvalue weighted by molar-refractivity contribution is 0.302. The van der Waals surface area contributed by atoms with Crippen molar-refractivity contribution in [2.45, 2.75) is 19.7 Å². The summed E-state index contributed by atoms with van der Waals surface area (Å²) in [7, 11) is 0. The number of nitrogens with one attached hydrogen (secondary N) is 1. The molecule has 3 rings (SSSR count). The zero-order valence-electron chi connectivity index (χ0n) is 13.0. The van der Waals surface area contributed by atoms with E-state index in [0.29, 0.717) is 23.2 Å². The van der Waals surface area contributed by atoms with Crippen molar-refractivity contribution >= 4 is 34.5 Å². The lowest BCUT2D eigenvalue weighted by Gasteiger charge is -2.13. The van der Waals surface area contributed by atoms with Gasteiger partial charge in [0.05, 0.1) is 0 Å². The van der Waals surface area contributed by atoms with Crippen LogP contribution in [-0.2, 0) is 19.7 Å². The number of hydrogen-bond acceptors (Lipinski definition) is 3. The van der Waals surface area contributed by atoms with E-state index in [4.69, 9.17) is 27.9 Å². The number of thiophene rings is 1. The highest BCUT2D eigenvalue weighted by Crippen LogP contribution is 2.24. The van der Waals surface area contributed by atoms with Crippen LogP contribution in [0.3, 0.4) is 0 Å². The van der Waals surface area contributed by atoms with E-state index in [1.54, 1.807) is 11.3 Å². The molecule has 24 heavy (non-hydrogen) atoms. The third kappa shape index (κ3) is 4.99. The van der Waals surface area contributed by atoms with Gasteiger partial charge in [0, 0.05) is 33.6 Å². The molecule has 1 heterocycles. The molecule has 2 aromatic carbocycles. The quantitative estimate of drug-likeness (QED) is 0.551. The van der Waals surface area contributed by atoms with Crippen LogP contribution < -0.4 is 10.1 Å². The largest absolute Gasteiger partial charge is 0.489 e. The van der Waals surface area contributed by atoms with Gasteiger partial charge in [0.1, 0.15) is 12.4 Å². The smallest absolute Gasteiger partial charge is 0.124 e. The Balaban J connectivity index is 1.63. The third-order valence-corrected chi connectivity index (χ3v) is 4.85. The van der Waals surface area contributed by atoms with Crippen molar-refractivity contribution in [3.05, 3.63) is 86.0 Å². The second kappa shape index (κ2) is 8.54. The van der Waals surface area contributed by atoms with Crippen molar-refractivity contribution < 1.29 is 4.74 Å². The van der Waals surface area contributed by atoms with E-state index in [1.807, 2.05) is 42.5 Å². The van der Waals surface area contributed by atoms with Gasteiger partial charge < -0.3 is 10.1 Å². The summed E-state index contributed by atoms with van der Waals surface area (Å²) < 4.78 is 5.97. The van der Waals surface area contributed by atoms with Gasteiger partial charge in [-0.3, -0.25) is 0 Å². The molecule has 1 N–H and O–H groups in total. The minimum Gasteiger partial charge on any atom is -0.489 e. The predicted octanol–water partition coefficient (Wildman–Crippen LogP) is 5.92. The molecular formula is C19H17Cl2NOS. The van der Waals surface area contributed by atoms with Gasteiger partial charge in [-0.15, -0.1) is 11.3 Å². The van der Waals surface area contributed by atoms with Crippen LogP contribution in [0.4, 0.5) is 0 Å². The van der Waals surface area contributed by atoms with Gasteiger partial charge in [-0.05, 0) is 47.3 Å². The maximum Gasteiger partial charge on any atom is 0.124 e. The fraction of sp³-hybridized carbons (Fsp3) is 0.158. The highest BCUT2D eigenvalue weighted by atomic mass is 35.5. The minimum absolute atomic E-state index is 0.472. The van der Waals surface area contributed by atoms with Crippen molar-refractivity contribution in [1.82, 2.24) is 5.32 Å². The molecule has 0 aliphatic carbocycles. The van der Waals surface area contributed by atoms with E-state index in [9.17, 15) is 0 Å². The Kier molecular flexibility index (Phi) is 6.16. The van der Waals surface area contributed by atoms with E-state index in [0.717, 1.165) is 23.4 Å². The number of halogens is 2. The Bertz CT molecular complexity index is 790. The molecule has 0 saturated heterocycles. The molecule has 0 atom stereocenters. The van der Waals surface area contributed by atoms with E-state index in [-0.39, 0.29) is 0 Å². The Morgan fingerprint density at radius 1 is 0.917 bits per heavy atom. The van der Waals surface area contributed by atoms with Gasteiger partial charge in [0.2, 0.25) is 0 Å². The van der Waals surface area contributed by atoms with Crippen LogP contribution in [0.15, 0.2) is 60.0 Å². The van der Waals surface area contributed by atoms with E-state index >= 15 is 0 Å².